The van der Waals surface area contributed by atoms with Gasteiger partial charge in [0.1, 0.15) is 5.41 Å². The SMILES string of the molecule is CCOC(=O)C(C)(C)c1nc(C2CCC(C)C2)no1. The minimum Gasteiger partial charge on any atom is -0.465 e. The molecule has 1 heterocycles. The Morgan fingerprint density at radius 1 is 1.47 bits per heavy atom. The van der Waals surface area contributed by atoms with Crippen molar-refractivity contribution in [1.29, 1.82) is 0 Å². The summed E-state index contributed by atoms with van der Waals surface area (Å²) in [6, 6.07) is 0. The lowest BCUT2D eigenvalue weighted by molar-refractivity contribution is -0.149. The Morgan fingerprint density at radius 2 is 2.21 bits per heavy atom. The topological polar surface area (TPSA) is 65.2 Å². The quantitative estimate of drug-likeness (QED) is 0.784. The number of carbonyl (C=O) groups excluding carboxylic acids is 1. The van der Waals surface area contributed by atoms with Gasteiger partial charge >= 0.3 is 5.97 Å². The van der Waals surface area contributed by atoms with Crippen molar-refractivity contribution in [2.45, 2.75) is 58.3 Å². The van der Waals surface area contributed by atoms with Crippen molar-refractivity contribution in [2.75, 3.05) is 6.61 Å². The molecule has 0 radical (unpaired) electrons. The smallest absolute Gasteiger partial charge is 0.321 e. The largest absolute Gasteiger partial charge is 0.465 e. The molecule has 1 aliphatic rings. The van der Waals surface area contributed by atoms with E-state index < -0.39 is 5.41 Å². The van der Waals surface area contributed by atoms with Gasteiger partial charge < -0.3 is 9.26 Å². The van der Waals surface area contributed by atoms with Gasteiger partial charge in [-0.3, -0.25) is 4.79 Å². The van der Waals surface area contributed by atoms with E-state index in [1.165, 1.54) is 6.42 Å². The number of aromatic nitrogens is 2. The van der Waals surface area contributed by atoms with Crippen molar-refractivity contribution >= 4 is 5.97 Å². The lowest BCUT2D eigenvalue weighted by Crippen LogP contribution is -2.31. The molecule has 1 aliphatic carbocycles. The summed E-state index contributed by atoms with van der Waals surface area (Å²) < 4.78 is 10.3. The van der Waals surface area contributed by atoms with Crippen LogP contribution in [-0.4, -0.2) is 22.7 Å². The molecule has 2 atom stereocenters. The van der Waals surface area contributed by atoms with Gasteiger partial charge in [-0.15, -0.1) is 0 Å². The van der Waals surface area contributed by atoms with Crippen LogP contribution in [0.15, 0.2) is 4.52 Å². The first-order valence-corrected chi connectivity index (χ1v) is 6.96. The molecule has 0 spiro atoms. The number of hydrogen-bond donors (Lipinski definition) is 0. The average molecular weight is 266 g/mol. The average Bonchev–Trinajstić information content (AvgIpc) is 2.97. The zero-order chi connectivity index (χ0) is 14.0. The van der Waals surface area contributed by atoms with Crippen molar-refractivity contribution in [3.8, 4) is 0 Å². The first-order chi connectivity index (χ1) is 8.95. The van der Waals surface area contributed by atoms with E-state index in [1.807, 2.05) is 0 Å². The molecule has 0 amide bonds. The van der Waals surface area contributed by atoms with Gasteiger partial charge in [0.25, 0.3) is 0 Å². The van der Waals surface area contributed by atoms with Gasteiger partial charge in [0, 0.05) is 5.92 Å². The monoisotopic (exact) mass is 266 g/mol. The lowest BCUT2D eigenvalue weighted by atomic mass is 9.93. The van der Waals surface area contributed by atoms with E-state index in [2.05, 4.69) is 17.1 Å². The van der Waals surface area contributed by atoms with Gasteiger partial charge in [-0.1, -0.05) is 12.1 Å². The summed E-state index contributed by atoms with van der Waals surface area (Å²) in [5.74, 6) is 1.83. The summed E-state index contributed by atoms with van der Waals surface area (Å²) >= 11 is 0. The number of rotatable bonds is 4. The second kappa shape index (κ2) is 5.31. The molecule has 1 aromatic heterocycles. The number of nitrogens with zero attached hydrogens (tertiary/aromatic N) is 2. The van der Waals surface area contributed by atoms with Crippen LogP contribution in [0.5, 0.6) is 0 Å². The maximum Gasteiger partial charge on any atom is 0.321 e. The lowest BCUT2D eigenvalue weighted by Gasteiger charge is -2.17. The second-order valence-corrected chi connectivity index (χ2v) is 5.92. The fourth-order valence-corrected chi connectivity index (χ4v) is 2.49. The third kappa shape index (κ3) is 2.80. The van der Waals surface area contributed by atoms with E-state index in [-0.39, 0.29) is 5.97 Å². The molecule has 19 heavy (non-hydrogen) atoms. The van der Waals surface area contributed by atoms with Crippen molar-refractivity contribution < 1.29 is 14.1 Å². The highest BCUT2D eigenvalue weighted by atomic mass is 16.5. The molecule has 0 aromatic carbocycles. The summed E-state index contributed by atoms with van der Waals surface area (Å²) in [6.07, 6.45) is 3.40. The Bertz CT molecular complexity index is 453. The van der Waals surface area contributed by atoms with E-state index in [0.29, 0.717) is 24.3 Å². The molecule has 5 nitrogen and oxygen atoms in total. The molecule has 0 aliphatic heterocycles. The van der Waals surface area contributed by atoms with E-state index in [9.17, 15) is 4.79 Å². The molecule has 0 saturated heterocycles. The zero-order valence-corrected chi connectivity index (χ0v) is 12.1. The van der Waals surface area contributed by atoms with Crippen molar-refractivity contribution in [1.82, 2.24) is 10.1 Å². The highest BCUT2D eigenvalue weighted by Crippen LogP contribution is 2.37. The summed E-state index contributed by atoms with van der Waals surface area (Å²) in [5, 5.41) is 4.05. The Balaban J connectivity index is 2.14. The number of carbonyl (C=O) groups is 1. The molecule has 1 saturated carbocycles. The molecule has 2 unspecified atom stereocenters. The van der Waals surface area contributed by atoms with Crippen molar-refractivity contribution in [3.63, 3.8) is 0 Å². The molecule has 1 aromatic rings. The second-order valence-electron chi connectivity index (χ2n) is 5.92. The Morgan fingerprint density at radius 3 is 2.79 bits per heavy atom. The standard InChI is InChI=1S/C14H22N2O3/c1-5-18-13(17)14(3,4)12-15-11(16-19-12)10-7-6-9(2)8-10/h9-10H,5-8H2,1-4H3. The maximum atomic E-state index is 11.9. The fraction of sp³-hybridized carbons (Fsp3) is 0.786. The molecule has 106 valence electrons. The van der Waals surface area contributed by atoms with E-state index >= 15 is 0 Å². The summed E-state index contributed by atoms with van der Waals surface area (Å²) in [6.45, 7) is 7.87. The van der Waals surface area contributed by atoms with Gasteiger partial charge in [-0.05, 0) is 46.0 Å². The number of ether oxygens (including phenoxy) is 1. The van der Waals surface area contributed by atoms with Crippen LogP contribution in [0.25, 0.3) is 0 Å². The van der Waals surface area contributed by atoms with Gasteiger partial charge in [-0.25, -0.2) is 0 Å². The minimum absolute atomic E-state index is 0.329. The van der Waals surface area contributed by atoms with Gasteiger partial charge in [0.05, 0.1) is 6.61 Å². The van der Waals surface area contributed by atoms with Gasteiger partial charge in [-0.2, -0.15) is 4.98 Å². The van der Waals surface area contributed by atoms with Crippen LogP contribution in [-0.2, 0) is 14.9 Å². The highest BCUT2D eigenvalue weighted by molar-refractivity contribution is 5.80. The van der Waals surface area contributed by atoms with Crippen LogP contribution >= 0.6 is 0 Å². The molecule has 0 N–H and O–H groups in total. The van der Waals surface area contributed by atoms with E-state index in [1.54, 1.807) is 20.8 Å². The normalized spacial score (nSPS) is 23.6. The van der Waals surface area contributed by atoms with Gasteiger partial charge in [0.15, 0.2) is 5.82 Å². The van der Waals surface area contributed by atoms with Crippen molar-refractivity contribution in [3.05, 3.63) is 11.7 Å². The number of hydrogen-bond acceptors (Lipinski definition) is 5. The Hall–Kier alpha value is -1.39. The summed E-state index contributed by atoms with van der Waals surface area (Å²) in [7, 11) is 0. The summed E-state index contributed by atoms with van der Waals surface area (Å²) in [4.78, 5) is 16.3. The molecule has 0 bridgehead atoms. The van der Waals surface area contributed by atoms with Gasteiger partial charge in [0.2, 0.25) is 5.89 Å². The van der Waals surface area contributed by atoms with Crippen LogP contribution in [0.1, 0.15) is 64.6 Å². The van der Waals surface area contributed by atoms with E-state index in [0.717, 1.165) is 18.7 Å². The molecule has 1 fully saturated rings. The van der Waals surface area contributed by atoms with Crippen LogP contribution in [0.4, 0.5) is 0 Å². The third-order valence-corrected chi connectivity index (χ3v) is 3.82. The Kier molecular flexibility index (Phi) is 3.92. The zero-order valence-electron chi connectivity index (χ0n) is 12.1. The van der Waals surface area contributed by atoms with Crippen LogP contribution in [0, 0.1) is 5.92 Å². The number of esters is 1. The van der Waals surface area contributed by atoms with Crippen LogP contribution < -0.4 is 0 Å². The predicted octanol–water partition coefficient (Wildman–Crippen LogP) is 2.81. The Labute approximate surface area is 113 Å². The molecular formula is C14H22N2O3. The molecule has 2 rings (SSSR count). The first kappa shape index (κ1) is 14.0. The highest BCUT2D eigenvalue weighted by Gasteiger charge is 2.38. The molecular weight excluding hydrogens is 244 g/mol. The summed E-state index contributed by atoms with van der Waals surface area (Å²) in [5.41, 5.74) is -0.883. The maximum absolute atomic E-state index is 11.9. The first-order valence-electron chi connectivity index (χ1n) is 6.96. The van der Waals surface area contributed by atoms with Crippen LogP contribution in [0.2, 0.25) is 0 Å². The van der Waals surface area contributed by atoms with Crippen molar-refractivity contribution in [2.24, 2.45) is 5.92 Å². The predicted molar refractivity (Wildman–Crippen MR) is 69.7 cm³/mol. The fourth-order valence-electron chi connectivity index (χ4n) is 2.49. The minimum atomic E-state index is -0.883. The van der Waals surface area contributed by atoms with Crippen LogP contribution in [0.3, 0.4) is 0 Å². The third-order valence-electron chi connectivity index (χ3n) is 3.82. The molecule has 5 heteroatoms. The van der Waals surface area contributed by atoms with E-state index in [4.69, 9.17) is 9.26 Å².